The molecule has 0 N–H and O–H groups in total. The van der Waals surface area contributed by atoms with Crippen LogP contribution < -0.4 is 0 Å². The summed E-state index contributed by atoms with van der Waals surface area (Å²) in [5.41, 5.74) is 15.0. The highest BCUT2D eigenvalue weighted by atomic mass is 16.3. The Kier molecular flexibility index (Phi) is 5.91. The van der Waals surface area contributed by atoms with E-state index in [0.29, 0.717) is 0 Å². The van der Waals surface area contributed by atoms with Crippen molar-refractivity contribution in [1.82, 2.24) is 4.57 Å². The molecule has 10 aromatic rings. The van der Waals surface area contributed by atoms with Crippen molar-refractivity contribution in [3.63, 3.8) is 0 Å². The number of aromatic nitrogens is 1. The van der Waals surface area contributed by atoms with Crippen molar-refractivity contribution in [3.8, 4) is 27.9 Å². The zero-order chi connectivity index (χ0) is 33.5. The van der Waals surface area contributed by atoms with E-state index in [-0.39, 0.29) is 0 Å². The Balaban J connectivity index is 1.14. The first-order valence-corrected chi connectivity index (χ1v) is 17.6. The summed E-state index contributed by atoms with van der Waals surface area (Å²) in [5, 5.41) is 4.63. The first-order chi connectivity index (χ1) is 25.3. The Morgan fingerprint density at radius 1 is 0.412 bits per heavy atom. The summed E-state index contributed by atoms with van der Waals surface area (Å²) in [6.45, 7) is 0. The van der Waals surface area contributed by atoms with E-state index in [1.807, 2.05) is 6.07 Å². The number of fused-ring (bicyclic) bond motifs is 10. The van der Waals surface area contributed by atoms with Crippen LogP contribution in [0.25, 0.3) is 71.7 Å². The molecule has 0 amide bonds. The number of furan rings is 1. The predicted octanol–water partition coefficient (Wildman–Crippen LogP) is 12.7. The summed E-state index contributed by atoms with van der Waals surface area (Å²) in [6, 6.07) is 68.5. The van der Waals surface area contributed by atoms with Gasteiger partial charge in [-0.2, -0.15) is 0 Å². The van der Waals surface area contributed by atoms with Crippen LogP contribution in [-0.2, 0) is 5.41 Å². The van der Waals surface area contributed by atoms with Gasteiger partial charge in [0.1, 0.15) is 11.2 Å². The van der Waals surface area contributed by atoms with E-state index in [1.165, 1.54) is 49.9 Å². The highest BCUT2D eigenvalue weighted by Crippen LogP contribution is 2.56. The molecule has 0 atom stereocenters. The minimum Gasteiger partial charge on any atom is -0.455 e. The Morgan fingerprint density at radius 3 is 1.90 bits per heavy atom. The van der Waals surface area contributed by atoms with Crippen molar-refractivity contribution < 1.29 is 4.42 Å². The highest BCUT2D eigenvalue weighted by molar-refractivity contribution is 6.23. The average Bonchev–Trinajstić information content (AvgIpc) is 3.85. The normalized spacial score (nSPS) is 13.3. The number of benzene rings is 8. The van der Waals surface area contributed by atoms with Crippen molar-refractivity contribution in [2.75, 3.05) is 0 Å². The molecule has 2 aromatic heterocycles. The monoisotopic (exact) mass is 649 g/mol. The van der Waals surface area contributed by atoms with Gasteiger partial charge in [0.25, 0.3) is 0 Å². The molecule has 11 rings (SSSR count). The largest absolute Gasteiger partial charge is 0.455 e. The second-order valence-electron chi connectivity index (χ2n) is 13.6. The van der Waals surface area contributed by atoms with Crippen LogP contribution in [0, 0.1) is 0 Å². The number of nitrogens with zero attached hydrogens (tertiary/aromatic N) is 1. The van der Waals surface area contributed by atoms with Crippen molar-refractivity contribution in [3.05, 3.63) is 210 Å². The van der Waals surface area contributed by atoms with Crippen LogP contribution in [0.4, 0.5) is 0 Å². The molecule has 0 saturated heterocycles. The van der Waals surface area contributed by atoms with Gasteiger partial charge in [-0.3, -0.25) is 0 Å². The summed E-state index contributed by atoms with van der Waals surface area (Å²) >= 11 is 0. The maximum atomic E-state index is 6.56. The van der Waals surface area contributed by atoms with Crippen LogP contribution in [0.3, 0.4) is 0 Å². The third-order valence-electron chi connectivity index (χ3n) is 11.1. The van der Waals surface area contributed by atoms with E-state index in [1.54, 1.807) is 0 Å². The van der Waals surface area contributed by atoms with E-state index in [9.17, 15) is 0 Å². The molecule has 1 aliphatic carbocycles. The van der Waals surface area contributed by atoms with Crippen LogP contribution in [0.5, 0.6) is 0 Å². The zero-order valence-corrected chi connectivity index (χ0v) is 27.8. The van der Waals surface area contributed by atoms with Gasteiger partial charge in [0, 0.05) is 21.8 Å². The van der Waals surface area contributed by atoms with Gasteiger partial charge < -0.3 is 8.98 Å². The molecule has 0 spiro atoms. The molecule has 1 aliphatic rings. The lowest BCUT2D eigenvalue weighted by Gasteiger charge is -2.34. The number of para-hydroxylation sites is 2. The smallest absolute Gasteiger partial charge is 0.145 e. The molecule has 0 radical (unpaired) electrons. The van der Waals surface area contributed by atoms with E-state index < -0.39 is 5.41 Å². The number of hydrogen-bond acceptors (Lipinski definition) is 1. The van der Waals surface area contributed by atoms with Gasteiger partial charge in [-0.25, -0.2) is 0 Å². The molecular weight excluding hydrogens is 619 g/mol. The molecule has 0 fully saturated rings. The summed E-state index contributed by atoms with van der Waals surface area (Å²) in [7, 11) is 0. The van der Waals surface area contributed by atoms with Gasteiger partial charge in [0.2, 0.25) is 0 Å². The van der Waals surface area contributed by atoms with Crippen molar-refractivity contribution in [2.24, 2.45) is 0 Å². The number of rotatable bonds is 4. The highest BCUT2D eigenvalue weighted by Gasteiger charge is 2.46. The van der Waals surface area contributed by atoms with E-state index in [4.69, 9.17) is 4.42 Å². The minimum absolute atomic E-state index is 0.438. The summed E-state index contributed by atoms with van der Waals surface area (Å²) < 4.78 is 8.96. The molecule has 238 valence electrons. The lowest BCUT2D eigenvalue weighted by molar-refractivity contribution is 0.673. The fraction of sp³-hybridized carbons (Fsp3) is 0.0204. The Labute approximate surface area is 295 Å². The van der Waals surface area contributed by atoms with Gasteiger partial charge in [-0.15, -0.1) is 0 Å². The minimum atomic E-state index is -0.438. The number of hydrogen-bond donors (Lipinski definition) is 0. The summed E-state index contributed by atoms with van der Waals surface area (Å²) in [5.74, 6) is 0. The molecule has 0 aliphatic heterocycles. The second-order valence-corrected chi connectivity index (χ2v) is 13.6. The van der Waals surface area contributed by atoms with Crippen molar-refractivity contribution in [1.29, 1.82) is 0 Å². The molecule has 51 heavy (non-hydrogen) atoms. The predicted molar refractivity (Wildman–Crippen MR) is 211 cm³/mol. The quantitative estimate of drug-likeness (QED) is 0.186. The fourth-order valence-corrected chi connectivity index (χ4v) is 8.96. The first-order valence-electron chi connectivity index (χ1n) is 17.6. The van der Waals surface area contributed by atoms with Gasteiger partial charge in [-0.05, 0) is 87.0 Å². The fourth-order valence-electron chi connectivity index (χ4n) is 8.96. The van der Waals surface area contributed by atoms with Crippen LogP contribution in [0.2, 0.25) is 0 Å². The van der Waals surface area contributed by atoms with Crippen molar-refractivity contribution >= 4 is 43.7 Å². The Bertz CT molecular complexity index is 2930. The van der Waals surface area contributed by atoms with E-state index in [0.717, 1.165) is 44.0 Å². The summed E-state index contributed by atoms with van der Waals surface area (Å²) in [4.78, 5) is 0. The Morgan fingerprint density at radius 2 is 1.08 bits per heavy atom. The maximum Gasteiger partial charge on any atom is 0.145 e. The molecular formula is C49H31NO. The summed E-state index contributed by atoms with van der Waals surface area (Å²) in [6.07, 6.45) is 0. The SMILES string of the molecule is c1ccc(C2(c3ccccc3)c3ccccc3-c3ccc(-c4cccc(-n5c6ccccc6c6c7oc8ccccc8c7ccc65)c4)cc32)cc1. The van der Waals surface area contributed by atoms with Crippen LogP contribution in [0.1, 0.15) is 22.3 Å². The lowest BCUT2D eigenvalue weighted by Crippen LogP contribution is -2.28. The third-order valence-corrected chi connectivity index (χ3v) is 11.1. The third kappa shape index (κ3) is 3.87. The molecule has 2 nitrogen and oxygen atoms in total. The van der Waals surface area contributed by atoms with Crippen LogP contribution in [0.15, 0.2) is 192 Å². The lowest BCUT2D eigenvalue weighted by atomic mass is 9.67. The van der Waals surface area contributed by atoms with Gasteiger partial charge in [0.05, 0.1) is 21.8 Å². The molecule has 2 heteroatoms. The molecule has 2 heterocycles. The molecule has 8 aromatic carbocycles. The van der Waals surface area contributed by atoms with Crippen LogP contribution >= 0.6 is 0 Å². The second kappa shape index (κ2) is 10.7. The Hall–Kier alpha value is -6.64. The van der Waals surface area contributed by atoms with Gasteiger partial charge in [-0.1, -0.05) is 146 Å². The standard InChI is InChI=1S/C49H31NO/c1-3-15-34(16-4-1)49(35-17-5-2-6-18-35)42-23-10-7-20-37(42)38-27-26-33(31-43(38)49)32-14-13-19-36(30-32)50-44-24-11-8-22-41(44)47-45(50)29-28-40-39-21-9-12-25-46(39)51-48(40)47/h1-31H. The average molecular weight is 650 g/mol. The molecule has 0 saturated carbocycles. The van der Waals surface area contributed by atoms with Gasteiger partial charge in [0.15, 0.2) is 0 Å². The molecule has 0 bridgehead atoms. The topological polar surface area (TPSA) is 18.1 Å². The molecule has 0 unspecified atom stereocenters. The van der Waals surface area contributed by atoms with Crippen molar-refractivity contribution in [2.45, 2.75) is 5.41 Å². The first kappa shape index (κ1) is 28.2. The van der Waals surface area contributed by atoms with Gasteiger partial charge >= 0.3 is 0 Å². The van der Waals surface area contributed by atoms with E-state index in [2.05, 4.69) is 187 Å². The van der Waals surface area contributed by atoms with Crippen LogP contribution in [-0.4, -0.2) is 4.57 Å². The maximum absolute atomic E-state index is 6.56. The van der Waals surface area contributed by atoms with E-state index >= 15 is 0 Å². The zero-order valence-electron chi connectivity index (χ0n) is 27.8.